The Hall–Kier alpha value is -1.55. The number of piperazine rings is 1. The van der Waals surface area contributed by atoms with Crippen LogP contribution in [-0.2, 0) is 4.79 Å². The summed E-state index contributed by atoms with van der Waals surface area (Å²) in [4.78, 5) is 15.1. The molecular formula is C20H30N2O2. The van der Waals surface area contributed by atoms with Gasteiger partial charge in [0.1, 0.15) is 5.75 Å². The van der Waals surface area contributed by atoms with Crippen molar-refractivity contribution in [2.75, 3.05) is 26.7 Å². The summed E-state index contributed by atoms with van der Waals surface area (Å²) in [5, 5.41) is 3.43. The van der Waals surface area contributed by atoms with Crippen molar-refractivity contribution < 1.29 is 9.53 Å². The summed E-state index contributed by atoms with van der Waals surface area (Å²) in [5.74, 6) is 2.51. The third kappa shape index (κ3) is 3.92. The number of nitrogens with one attached hydrogen (secondary N) is 1. The number of ether oxygens (including phenoxy) is 1. The molecule has 0 spiro atoms. The monoisotopic (exact) mass is 330 g/mol. The maximum atomic E-state index is 13.0. The molecule has 1 saturated heterocycles. The maximum Gasteiger partial charge on any atom is 0.223 e. The minimum absolute atomic E-state index is 0.0726. The number of carbonyl (C=O) groups excluding carboxylic acids is 1. The highest BCUT2D eigenvalue weighted by Gasteiger charge is 2.31. The molecule has 2 fully saturated rings. The molecule has 4 heteroatoms. The van der Waals surface area contributed by atoms with Crippen LogP contribution in [0.15, 0.2) is 24.3 Å². The molecule has 1 heterocycles. The number of hydrogen-bond donors (Lipinski definition) is 1. The first-order chi connectivity index (χ1) is 11.7. The van der Waals surface area contributed by atoms with Gasteiger partial charge in [-0.15, -0.1) is 0 Å². The first-order valence-electron chi connectivity index (χ1n) is 9.32. The summed E-state index contributed by atoms with van der Waals surface area (Å²) in [5.41, 5.74) is 1.11. The fourth-order valence-electron chi connectivity index (χ4n) is 4.33. The third-order valence-electron chi connectivity index (χ3n) is 5.57. The van der Waals surface area contributed by atoms with E-state index in [0.717, 1.165) is 36.9 Å². The van der Waals surface area contributed by atoms with E-state index in [0.29, 0.717) is 18.2 Å². The summed E-state index contributed by atoms with van der Waals surface area (Å²) in [6, 6.07) is 8.14. The Bertz CT molecular complexity index is 560. The Labute approximate surface area is 145 Å². The van der Waals surface area contributed by atoms with Crippen molar-refractivity contribution in [1.82, 2.24) is 10.2 Å². The zero-order chi connectivity index (χ0) is 16.9. The first-order valence-corrected chi connectivity index (χ1v) is 9.32. The van der Waals surface area contributed by atoms with Crippen LogP contribution in [0.4, 0.5) is 0 Å². The molecule has 132 valence electrons. The highest BCUT2D eigenvalue weighted by molar-refractivity contribution is 5.77. The zero-order valence-electron chi connectivity index (χ0n) is 15.0. The van der Waals surface area contributed by atoms with Crippen LogP contribution in [0.25, 0.3) is 0 Å². The van der Waals surface area contributed by atoms with E-state index < -0.39 is 0 Å². The molecule has 3 rings (SSSR count). The van der Waals surface area contributed by atoms with Gasteiger partial charge in [0, 0.05) is 31.6 Å². The molecule has 3 atom stereocenters. The molecule has 0 bridgehead atoms. The van der Waals surface area contributed by atoms with Gasteiger partial charge in [0.25, 0.3) is 0 Å². The molecule has 2 aliphatic rings. The quantitative estimate of drug-likeness (QED) is 0.920. The van der Waals surface area contributed by atoms with Crippen molar-refractivity contribution in [1.29, 1.82) is 0 Å². The third-order valence-corrected chi connectivity index (χ3v) is 5.57. The van der Waals surface area contributed by atoms with Gasteiger partial charge in [0.15, 0.2) is 0 Å². The lowest BCUT2D eigenvalue weighted by atomic mass is 9.80. The van der Waals surface area contributed by atoms with Crippen molar-refractivity contribution in [3.63, 3.8) is 0 Å². The van der Waals surface area contributed by atoms with Crippen molar-refractivity contribution in [3.05, 3.63) is 29.8 Å². The van der Waals surface area contributed by atoms with Crippen LogP contribution < -0.4 is 10.1 Å². The Morgan fingerprint density at radius 2 is 2.17 bits per heavy atom. The number of benzene rings is 1. The predicted molar refractivity (Wildman–Crippen MR) is 96.1 cm³/mol. The minimum atomic E-state index is 0.0726. The van der Waals surface area contributed by atoms with Gasteiger partial charge >= 0.3 is 0 Å². The second kappa shape index (κ2) is 8.02. The molecule has 1 aliphatic heterocycles. The number of hydrogen-bond acceptors (Lipinski definition) is 3. The highest BCUT2D eigenvalue weighted by Crippen LogP contribution is 2.34. The largest absolute Gasteiger partial charge is 0.496 e. The van der Waals surface area contributed by atoms with E-state index in [2.05, 4.69) is 23.2 Å². The predicted octanol–water partition coefficient (Wildman–Crippen LogP) is 3.38. The van der Waals surface area contributed by atoms with Crippen LogP contribution in [-0.4, -0.2) is 37.6 Å². The molecule has 1 aromatic carbocycles. The van der Waals surface area contributed by atoms with Gasteiger partial charge in [-0.2, -0.15) is 0 Å². The summed E-state index contributed by atoms with van der Waals surface area (Å²) >= 11 is 0. The number of rotatable bonds is 4. The standard InChI is InChI=1S/C20H30N2O2/c1-15-6-5-7-16(12-15)13-20(23)22-11-10-21-14-18(22)17-8-3-4-9-19(17)24-2/h3-4,8-9,15-16,18,21H,5-7,10-14H2,1-2H3. The van der Waals surface area contributed by atoms with Crippen LogP contribution in [0.5, 0.6) is 5.75 Å². The fourth-order valence-corrected chi connectivity index (χ4v) is 4.33. The molecule has 0 aromatic heterocycles. The average molecular weight is 330 g/mol. The van der Waals surface area contributed by atoms with E-state index in [9.17, 15) is 4.79 Å². The lowest BCUT2D eigenvalue weighted by Gasteiger charge is -2.38. The molecule has 1 saturated carbocycles. The summed E-state index contributed by atoms with van der Waals surface area (Å²) in [6.07, 6.45) is 5.72. The van der Waals surface area contributed by atoms with E-state index in [1.54, 1.807) is 7.11 Å². The summed E-state index contributed by atoms with van der Waals surface area (Å²) in [7, 11) is 1.70. The van der Waals surface area contributed by atoms with Crippen molar-refractivity contribution in [3.8, 4) is 5.75 Å². The maximum absolute atomic E-state index is 13.0. The van der Waals surface area contributed by atoms with E-state index in [1.165, 1.54) is 25.7 Å². The molecule has 1 N–H and O–H groups in total. The summed E-state index contributed by atoms with van der Waals surface area (Å²) in [6.45, 7) is 4.77. The molecule has 3 unspecified atom stereocenters. The van der Waals surface area contributed by atoms with E-state index >= 15 is 0 Å². The lowest BCUT2D eigenvalue weighted by Crippen LogP contribution is -2.49. The molecular weight excluding hydrogens is 300 g/mol. The fraction of sp³-hybridized carbons (Fsp3) is 0.650. The topological polar surface area (TPSA) is 41.6 Å². The van der Waals surface area contributed by atoms with E-state index in [-0.39, 0.29) is 6.04 Å². The van der Waals surface area contributed by atoms with Crippen molar-refractivity contribution in [2.24, 2.45) is 11.8 Å². The van der Waals surface area contributed by atoms with E-state index in [4.69, 9.17) is 4.74 Å². The average Bonchev–Trinajstić information content (AvgIpc) is 2.61. The number of methoxy groups -OCH3 is 1. The Kier molecular flexibility index (Phi) is 5.77. The number of nitrogens with zero attached hydrogens (tertiary/aromatic N) is 1. The highest BCUT2D eigenvalue weighted by atomic mass is 16.5. The van der Waals surface area contributed by atoms with Crippen LogP contribution in [0, 0.1) is 11.8 Å². The van der Waals surface area contributed by atoms with Gasteiger partial charge in [0.2, 0.25) is 5.91 Å². The Morgan fingerprint density at radius 3 is 2.96 bits per heavy atom. The second-order valence-corrected chi connectivity index (χ2v) is 7.39. The van der Waals surface area contributed by atoms with Gasteiger partial charge in [-0.05, 0) is 30.7 Å². The van der Waals surface area contributed by atoms with Crippen LogP contribution >= 0.6 is 0 Å². The SMILES string of the molecule is COc1ccccc1C1CNCCN1C(=O)CC1CCCC(C)C1. The smallest absolute Gasteiger partial charge is 0.223 e. The van der Waals surface area contributed by atoms with Crippen LogP contribution in [0.3, 0.4) is 0 Å². The van der Waals surface area contributed by atoms with Crippen molar-refractivity contribution in [2.45, 2.75) is 45.1 Å². The van der Waals surface area contributed by atoms with Crippen LogP contribution in [0.2, 0.25) is 0 Å². The number of carbonyl (C=O) groups is 1. The normalized spacial score (nSPS) is 27.8. The molecule has 1 aromatic rings. The van der Waals surface area contributed by atoms with Gasteiger partial charge in [-0.25, -0.2) is 0 Å². The van der Waals surface area contributed by atoms with Gasteiger partial charge < -0.3 is 15.0 Å². The molecule has 0 radical (unpaired) electrons. The second-order valence-electron chi connectivity index (χ2n) is 7.39. The molecule has 4 nitrogen and oxygen atoms in total. The van der Waals surface area contributed by atoms with Gasteiger partial charge in [-0.1, -0.05) is 38.0 Å². The minimum Gasteiger partial charge on any atom is -0.496 e. The van der Waals surface area contributed by atoms with Crippen molar-refractivity contribution >= 4 is 5.91 Å². The van der Waals surface area contributed by atoms with E-state index in [1.807, 2.05) is 18.2 Å². The Morgan fingerprint density at radius 1 is 1.33 bits per heavy atom. The molecule has 1 aliphatic carbocycles. The lowest BCUT2D eigenvalue weighted by molar-refractivity contribution is -0.136. The molecule has 24 heavy (non-hydrogen) atoms. The summed E-state index contributed by atoms with van der Waals surface area (Å²) < 4.78 is 5.52. The van der Waals surface area contributed by atoms with Crippen LogP contribution in [0.1, 0.15) is 50.6 Å². The van der Waals surface area contributed by atoms with Gasteiger partial charge in [-0.3, -0.25) is 4.79 Å². The molecule has 1 amide bonds. The first kappa shape index (κ1) is 17.3. The number of para-hydroxylation sites is 1. The Balaban J connectivity index is 1.73. The number of amides is 1. The van der Waals surface area contributed by atoms with Gasteiger partial charge in [0.05, 0.1) is 13.2 Å². The zero-order valence-corrected chi connectivity index (χ0v) is 15.0.